The summed E-state index contributed by atoms with van der Waals surface area (Å²) in [5, 5.41) is 24.7. The molecule has 2 saturated carbocycles. The molecule has 0 bridgehead atoms. The minimum Gasteiger partial charge on any atom is -0.507 e. The molecule has 0 spiro atoms. The van der Waals surface area contributed by atoms with Gasteiger partial charge < -0.3 is 21.3 Å². The van der Waals surface area contributed by atoms with Gasteiger partial charge in [0, 0.05) is 23.6 Å². The summed E-state index contributed by atoms with van der Waals surface area (Å²) in [6.07, 6.45) is -0.233. The molecule has 6 atom stereocenters. The summed E-state index contributed by atoms with van der Waals surface area (Å²) in [7, 11) is 4.59. The van der Waals surface area contributed by atoms with E-state index in [0.29, 0.717) is 0 Å². The third-order valence-corrected chi connectivity index (χ3v) is 7.44. The Hall–Kier alpha value is -3.02. The number of rotatable bonds is 4. The molecular weight excluding hydrogens is 449 g/mol. The number of aromatic hydroxyl groups is 1. The molecule has 0 aliphatic heterocycles. The average molecular weight is 475 g/mol. The lowest BCUT2D eigenvalue weighted by molar-refractivity contribution is -0.181. The van der Waals surface area contributed by atoms with Gasteiger partial charge in [-0.05, 0) is 46.0 Å². The zero-order valence-electron chi connectivity index (χ0n) is 18.9. The van der Waals surface area contributed by atoms with E-state index in [1.807, 2.05) is 0 Å². The predicted molar refractivity (Wildman–Crippen MR) is 114 cm³/mol. The second-order valence-corrected chi connectivity index (χ2v) is 9.54. The van der Waals surface area contributed by atoms with Crippen molar-refractivity contribution in [2.24, 2.45) is 29.4 Å². The Bertz CT molecular complexity index is 1150. The molecule has 1 aromatic carbocycles. The number of nitrogens with two attached hydrogens (primary N) is 1. The molecular formula is C23H26FN3O7. The number of carbonyl (C=O) groups excluding carboxylic acids is 5. The smallest absolute Gasteiger partial charge is 0.235 e. The average Bonchev–Trinajstić information content (AvgIpc) is 2.73. The summed E-state index contributed by atoms with van der Waals surface area (Å²) in [6, 6.07) is -0.0981. The monoisotopic (exact) mass is 475 g/mol. The van der Waals surface area contributed by atoms with Gasteiger partial charge in [0.15, 0.2) is 34.7 Å². The van der Waals surface area contributed by atoms with Crippen LogP contribution < -0.4 is 11.1 Å². The van der Waals surface area contributed by atoms with E-state index in [1.165, 1.54) is 19.0 Å². The number of amides is 1. The first-order chi connectivity index (χ1) is 15.9. The van der Waals surface area contributed by atoms with Gasteiger partial charge in [0.2, 0.25) is 5.91 Å². The number of Topliss-reactive ketones (excluding diaryl/α,β-unsaturated/α-hetero) is 4. The molecule has 2 fully saturated rings. The van der Waals surface area contributed by atoms with Gasteiger partial charge in [-0.25, -0.2) is 4.39 Å². The van der Waals surface area contributed by atoms with Crippen molar-refractivity contribution in [2.75, 3.05) is 21.1 Å². The standard InChI is InChI=1S/C23H26FN3O7/c1-26-7-9-6-12(28)14-10(16(9)24)4-8-5-11-17(27(2)3)19(30)15(22(25)33)21(32)23(11,34)20(31)13(8)18(14)29/h6,8,11,13,15,17,26,28,34H,4-5,7H2,1-3H3,(H2,25,33)/t8-,11-,13?,15?,17-,23-/m0/s1. The molecule has 11 heteroatoms. The number of hydrogen-bond donors (Lipinski definition) is 4. The highest BCUT2D eigenvalue weighted by Gasteiger charge is 2.69. The van der Waals surface area contributed by atoms with Gasteiger partial charge in [-0.1, -0.05) is 0 Å². The van der Waals surface area contributed by atoms with Crippen molar-refractivity contribution in [1.82, 2.24) is 10.2 Å². The summed E-state index contributed by atoms with van der Waals surface area (Å²) in [5.41, 5.74) is 2.21. The number of phenols is 1. The lowest BCUT2D eigenvalue weighted by Gasteiger charge is -2.52. The minimum atomic E-state index is -2.79. The van der Waals surface area contributed by atoms with E-state index >= 15 is 4.39 Å². The van der Waals surface area contributed by atoms with Gasteiger partial charge in [0.1, 0.15) is 11.6 Å². The van der Waals surface area contributed by atoms with E-state index in [2.05, 4.69) is 5.32 Å². The first kappa shape index (κ1) is 24.1. The van der Waals surface area contributed by atoms with Crippen molar-refractivity contribution < 1.29 is 38.6 Å². The number of nitrogens with zero attached hydrogens (tertiary/aromatic N) is 1. The molecule has 4 rings (SSSR count). The van der Waals surface area contributed by atoms with Crippen LogP contribution in [0.4, 0.5) is 4.39 Å². The van der Waals surface area contributed by atoms with Crippen molar-refractivity contribution in [3.8, 4) is 5.75 Å². The maximum absolute atomic E-state index is 15.2. The third kappa shape index (κ3) is 3.07. The van der Waals surface area contributed by atoms with Crippen molar-refractivity contribution >= 4 is 29.0 Å². The number of hydrogen-bond acceptors (Lipinski definition) is 9. The summed E-state index contributed by atoms with van der Waals surface area (Å²) in [4.78, 5) is 66.4. The molecule has 5 N–H and O–H groups in total. The Morgan fingerprint density at radius 1 is 1.26 bits per heavy atom. The predicted octanol–water partition coefficient (Wildman–Crippen LogP) is -1.27. The normalized spacial score (nSPS) is 32.9. The quantitative estimate of drug-likeness (QED) is 0.388. The molecule has 1 amide bonds. The number of likely N-dealkylation sites (N-methyl/N-ethyl adjacent to an activating group) is 1. The lowest BCUT2D eigenvalue weighted by Crippen LogP contribution is -2.74. The molecule has 10 nitrogen and oxygen atoms in total. The molecule has 34 heavy (non-hydrogen) atoms. The van der Waals surface area contributed by atoms with Crippen molar-refractivity contribution in [1.29, 1.82) is 0 Å². The van der Waals surface area contributed by atoms with Crippen molar-refractivity contribution in [3.05, 3.63) is 28.6 Å². The third-order valence-electron chi connectivity index (χ3n) is 7.44. The molecule has 3 aliphatic carbocycles. The second kappa shape index (κ2) is 8.03. The number of benzene rings is 1. The number of fused-ring (bicyclic) bond motifs is 3. The van der Waals surface area contributed by atoms with Crippen LogP contribution in [0.15, 0.2) is 6.07 Å². The zero-order chi connectivity index (χ0) is 25.3. The van der Waals surface area contributed by atoms with E-state index < -0.39 is 75.9 Å². The largest absolute Gasteiger partial charge is 0.507 e. The lowest BCUT2D eigenvalue weighted by atomic mass is 9.52. The van der Waals surface area contributed by atoms with E-state index in [0.717, 1.165) is 6.07 Å². The van der Waals surface area contributed by atoms with Crippen LogP contribution in [0.25, 0.3) is 0 Å². The van der Waals surface area contributed by atoms with E-state index in [-0.39, 0.29) is 36.1 Å². The van der Waals surface area contributed by atoms with Gasteiger partial charge in [0.25, 0.3) is 0 Å². The van der Waals surface area contributed by atoms with Gasteiger partial charge >= 0.3 is 0 Å². The Morgan fingerprint density at radius 2 is 1.91 bits per heavy atom. The van der Waals surface area contributed by atoms with Crippen LogP contribution in [-0.2, 0) is 32.1 Å². The highest BCUT2D eigenvalue weighted by atomic mass is 19.1. The molecule has 3 aliphatic rings. The summed E-state index contributed by atoms with van der Waals surface area (Å²) >= 11 is 0. The topological polar surface area (TPSA) is 167 Å². The SMILES string of the molecule is CNCc1cc(O)c2c(c1F)C[C@H]1C[C@H]3[C@H](N(C)C)C(=O)C(C(N)=O)C(=O)[C@@]3(O)C(=O)C1C2=O. The van der Waals surface area contributed by atoms with Crippen LogP contribution in [0, 0.1) is 29.5 Å². The Kier molecular flexibility index (Phi) is 5.70. The zero-order valence-corrected chi connectivity index (χ0v) is 18.9. The molecule has 0 saturated heterocycles. The number of primary amides is 1. The molecule has 182 valence electrons. The number of carbonyl (C=O) groups is 5. The number of halogens is 1. The highest BCUT2D eigenvalue weighted by molar-refractivity contribution is 6.32. The Balaban J connectivity index is 1.87. The van der Waals surface area contributed by atoms with Crippen molar-refractivity contribution in [3.63, 3.8) is 0 Å². The first-order valence-corrected chi connectivity index (χ1v) is 10.9. The second-order valence-electron chi connectivity index (χ2n) is 9.54. The fraction of sp³-hybridized carbons (Fsp3) is 0.522. The van der Waals surface area contributed by atoms with Crippen LogP contribution in [0.5, 0.6) is 5.75 Å². The fourth-order valence-corrected chi connectivity index (χ4v) is 6.03. The Morgan fingerprint density at radius 3 is 2.47 bits per heavy atom. The maximum atomic E-state index is 15.2. The number of ketones is 4. The van der Waals surface area contributed by atoms with Gasteiger partial charge in [-0.3, -0.25) is 28.9 Å². The molecule has 2 unspecified atom stereocenters. The van der Waals surface area contributed by atoms with Crippen LogP contribution in [0.1, 0.15) is 27.9 Å². The van der Waals surface area contributed by atoms with Crippen LogP contribution >= 0.6 is 0 Å². The van der Waals surface area contributed by atoms with Crippen LogP contribution in [-0.4, -0.2) is 76.9 Å². The van der Waals surface area contributed by atoms with Crippen LogP contribution in [0.2, 0.25) is 0 Å². The minimum absolute atomic E-state index is 0.0420. The summed E-state index contributed by atoms with van der Waals surface area (Å²) < 4.78 is 15.2. The van der Waals surface area contributed by atoms with Gasteiger partial charge in [0.05, 0.1) is 17.5 Å². The summed E-state index contributed by atoms with van der Waals surface area (Å²) in [6.45, 7) is 0.0937. The number of phenolic OH excluding ortho intramolecular Hbond substituents is 1. The number of aliphatic hydroxyl groups is 1. The number of nitrogens with one attached hydrogen (secondary N) is 1. The maximum Gasteiger partial charge on any atom is 0.235 e. The van der Waals surface area contributed by atoms with Crippen molar-refractivity contribution in [2.45, 2.75) is 31.0 Å². The summed E-state index contributed by atoms with van der Waals surface area (Å²) in [5.74, 6) is -12.3. The Labute approximate surface area is 194 Å². The van der Waals surface area contributed by atoms with E-state index in [1.54, 1.807) is 7.05 Å². The molecule has 0 heterocycles. The fourth-order valence-electron chi connectivity index (χ4n) is 6.03. The van der Waals surface area contributed by atoms with Crippen LogP contribution in [0.3, 0.4) is 0 Å². The highest BCUT2D eigenvalue weighted by Crippen LogP contribution is 2.51. The molecule has 1 aromatic rings. The molecule has 0 radical (unpaired) electrons. The van der Waals surface area contributed by atoms with Gasteiger partial charge in [-0.2, -0.15) is 0 Å². The van der Waals surface area contributed by atoms with E-state index in [9.17, 15) is 34.2 Å². The van der Waals surface area contributed by atoms with E-state index in [4.69, 9.17) is 5.73 Å². The molecule has 0 aromatic heterocycles. The first-order valence-electron chi connectivity index (χ1n) is 10.9. The van der Waals surface area contributed by atoms with Gasteiger partial charge in [-0.15, -0.1) is 0 Å².